The molecule has 3 heterocycles. The van der Waals surface area contributed by atoms with E-state index in [4.69, 9.17) is 4.98 Å². The predicted octanol–water partition coefficient (Wildman–Crippen LogP) is 3.87. The summed E-state index contributed by atoms with van der Waals surface area (Å²) >= 11 is 3.04. The number of carbonyl (C=O) groups excluding carboxylic acids is 1. The van der Waals surface area contributed by atoms with Gasteiger partial charge >= 0.3 is 0 Å². The zero-order valence-corrected chi connectivity index (χ0v) is 20.9. The van der Waals surface area contributed by atoms with Gasteiger partial charge < -0.3 is 4.90 Å². The maximum absolute atomic E-state index is 13.1. The Morgan fingerprint density at radius 3 is 2.61 bits per heavy atom. The van der Waals surface area contributed by atoms with E-state index < -0.39 is 0 Å². The molecule has 1 aliphatic heterocycles. The van der Waals surface area contributed by atoms with E-state index >= 15 is 0 Å². The van der Waals surface area contributed by atoms with Crippen LogP contribution in [0.25, 0.3) is 10.2 Å². The van der Waals surface area contributed by atoms with Crippen LogP contribution in [-0.2, 0) is 24.7 Å². The van der Waals surface area contributed by atoms with Crippen LogP contribution >= 0.6 is 23.1 Å². The highest BCUT2D eigenvalue weighted by atomic mass is 32.2. The van der Waals surface area contributed by atoms with E-state index in [1.165, 1.54) is 34.2 Å². The minimum Gasteiger partial charge on any atom is -0.339 e. The molecule has 8 heteroatoms. The minimum atomic E-state index is 0.0258. The average molecular weight is 483 g/mol. The maximum Gasteiger partial charge on any atom is 0.262 e. The van der Waals surface area contributed by atoms with Crippen LogP contribution in [0.15, 0.2) is 40.3 Å². The summed E-state index contributed by atoms with van der Waals surface area (Å²) in [4.78, 5) is 37.3. The summed E-state index contributed by atoms with van der Waals surface area (Å²) in [6, 6.07) is 10.9. The van der Waals surface area contributed by atoms with Gasteiger partial charge in [-0.1, -0.05) is 42.1 Å². The smallest absolute Gasteiger partial charge is 0.262 e. The van der Waals surface area contributed by atoms with Crippen LogP contribution in [-0.4, -0.2) is 57.2 Å². The fraction of sp³-hybridized carbons (Fsp3) is 0.480. The fourth-order valence-electron chi connectivity index (χ4n) is 4.91. The highest BCUT2D eigenvalue weighted by Gasteiger charge is 2.26. The zero-order chi connectivity index (χ0) is 22.9. The third kappa shape index (κ3) is 4.48. The molecule has 2 aromatic heterocycles. The second-order valence-corrected chi connectivity index (χ2v) is 11.0. The van der Waals surface area contributed by atoms with Gasteiger partial charge in [-0.15, -0.1) is 11.3 Å². The quantitative estimate of drug-likeness (QED) is 0.408. The molecule has 1 fully saturated rings. The van der Waals surface area contributed by atoms with Crippen LogP contribution in [0.3, 0.4) is 0 Å². The summed E-state index contributed by atoms with van der Waals surface area (Å²) in [5.74, 6) is 0.428. The molecule has 1 atom stereocenters. The summed E-state index contributed by atoms with van der Waals surface area (Å²) < 4.78 is 1.63. The Morgan fingerprint density at radius 2 is 1.85 bits per heavy atom. The van der Waals surface area contributed by atoms with Crippen LogP contribution in [0, 0.1) is 0 Å². The molecule has 5 rings (SSSR count). The summed E-state index contributed by atoms with van der Waals surface area (Å²) in [7, 11) is 1.78. The molecule has 1 aromatic carbocycles. The van der Waals surface area contributed by atoms with Crippen molar-refractivity contribution in [3.8, 4) is 0 Å². The molecular formula is C25H30N4O2S2. The molecule has 1 amide bonds. The lowest BCUT2D eigenvalue weighted by Crippen LogP contribution is -2.49. The van der Waals surface area contributed by atoms with Gasteiger partial charge in [0.25, 0.3) is 5.56 Å². The number of fused-ring (bicyclic) bond motifs is 3. The first-order valence-corrected chi connectivity index (χ1v) is 13.5. The van der Waals surface area contributed by atoms with Crippen molar-refractivity contribution in [3.63, 3.8) is 0 Å². The number of benzene rings is 1. The molecule has 1 aliphatic carbocycles. The van der Waals surface area contributed by atoms with Crippen molar-refractivity contribution in [1.82, 2.24) is 19.4 Å². The first kappa shape index (κ1) is 22.6. The van der Waals surface area contributed by atoms with Gasteiger partial charge in [0.05, 0.1) is 11.1 Å². The molecule has 1 saturated heterocycles. The van der Waals surface area contributed by atoms with Gasteiger partial charge in [0.2, 0.25) is 5.91 Å². The Labute approximate surface area is 202 Å². The third-order valence-corrected chi connectivity index (χ3v) is 9.18. The standard InChI is InChI=1S/C25H30N4O2S2/c1-17(18-8-4-3-5-9-18)28-12-14-29(15-13-28)21(30)16-32-25-26-23-22(24(31)27(25)2)19-10-6-7-11-20(19)33-23/h3-5,8-9,17H,6-7,10-16H2,1-2H3. The first-order valence-electron chi connectivity index (χ1n) is 11.7. The Balaban J connectivity index is 1.22. The lowest BCUT2D eigenvalue weighted by Gasteiger charge is -2.38. The predicted molar refractivity (Wildman–Crippen MR) is 135 cm³/mol. The Bertz CT molecular complexity index is 1210. The Kier molecular flexibility index (Phi) is 6.58. The molecule has 1 unspecified atom stereocenters. The molecule has 174 valence electrons. The SMILES string of the molecule is CC(c1ccccc1)N1CCN(C(=O)CSc2nc3sc4c(c3c(=O)n2C)CCCC4)CC1. The van der Waals surface area contributed by atoms with Gasteiger partial charge in [-0.3, -0.25) is 19.1 Å². The summed E-state index contributed by atoms with van der Waals surface area (Å²) in [5, 5.41) is 1.44. The lowest BCUT2D eigenvalue weighted by atomic mass is 9.97. The number of thioether (sulfide) groups is 1. The molecule has 0 bridgehead atoms. The number of rotatable bonds is 5. The molecule has 0 saturated carbocycles. The van der Waals surface area contributed by atoms with E-state index in [-0.39, 0.29) is 11.5 Å². The van der Waals surface area contributed by atoms with Crippen molar-refractivity contribution in [2.24, 2.45) is 7.05 Å². The number of carbonyl (C=O) groups is 1. The highest BCUT2D eigenvalue weighted by Crippen LogP contribution is 2.34. The molecule has 0 N–H and O–H groups in total. The van der Waals surface area contributed by atoms with Crippen LogP contribution in [0.5, 0.6) is 0 Å². The van der Waals surface area contributed by atoms with Gasteiger partial charge in [-0.2, -0.15) is 0 Å². The van der Waals surface area contributed by atoms with Gasteiger partial charge in [0.1, 0.15) is 4.83 Å². The normalized spacial score (nSPS) is 17.8. The largest absolute Gasteiger partial charge is 0.339 e. The van der Waals surface area contributed by atoms with Crippen molar-refractivity contribution in [2.45, 2.75) is 43.8 Å². The van der Waals surface area contributed by atoms with Gasteiger partial charge in [-0.25, -0.2) is 4.98 Å². The molecule has 3 aromatic rings. The number of nitrogens with zero attached hydrogens (tertiary/aromatic N) is 4. The topological polar surface area (TPSA) is 58.4 Å². The molecule has 6 nitrogen and oxygen atoms in total. The zero-order valence-electron chi connectivity index (χ0n) is 19.2. The van der Waals surface area contributed by atoms with Crippen molar-refractivity contribution in [2.75, 3.05) is 31.9 Å². The summed E-state index contributed by atoms with van der Waals surface area (Å²) in [6.07, 6.45) is 4.36. The van der Waals surface area contributed by atoms with E-state index in [0.29, 0.717) is 17.0 Å². The van der Waals surface area contributed by atoms with Crippen molar-refractivity contribution >= 4 is 39.2 Å². The van der Waals surface area contributed by atoms with E-state index in [1.54, 1.807) is 23.0 Å². The van der Waals surface area contributed by atoms with E-state index in [2.05, 4.69) is 36.1 Å². The average Bonchev–Trinajstić information content (AvgIpc) is 3.24. The highest BCUT2D eigenvalue weighted by molar-refractivity contribution is 7.99. The van der Waals surface area contributed by atoms with Gasteiger partial charge in [-0.05, 0) is 43.7 Å². The number of hydrogen-bond acceptors (Lipinski definition) is 6. The van der Waals surface area contributed by atoms with Crippen LogP contribution in [0.1, 0.15) is 41.8 Å². The van der Waals surface area contributed by atoms with Crippen molar-refractivity contribution in [3.05, 3.63) is 56.7 Å². The second-order valence-electron chi connectivity index (χ2n) is 8.94. The molecule has 0 spiro atoms. The monoisotopic (exact) mass is 482 g/mol. The maximum atomic E-state index is 13.1. The van der Waals surface area contributed by atoms with Crippen LogP contribution in [0.2, 0.25) is 0 Å². The fourth-order valence-corrected chi connectivity index (χ4v) is 7.09. The number of aryl methyl sites for hydroxylation is 2. The molecule has 0 radical (unpaired) electrons. The van der Waals surface area contributed by atoms with E-state index in [1.807, 2.05) is 11.0 Å². The second kappa shape index (κ2) is 9.60. The number of thiophene rings is 1. The van der Waals surface area contributed by atoms with Crippen molar-refractivity contribution in [1.29, 1.82) is 0 Å². The third-order valence-electron chi connectivity index (χ3n) is 6.98. The Morgan fingerprint density at radius 1 is 1.12 bits per heavy atom. The number of hydrogen-bond donors (Lipinski definition) is 0. The van der Waals surface area contributed by atoms with Gasteiger partial charge in [0, 0.05) is 44.1 Å². The summed E-state index contributed by atoms with van der Waals surface area (Å²) in [6.45, 7) is 5.44. The molecule has 33 heavy (non-hydrogen) atoms. The van der Waals surface area contributed by atoms with Crippen LogP contribution < -0.4 is 5.56 Å². The first-order chi connectivity index (χ1) is 16.0. The number of piperazine rings is 1. The van der Waals surface area contributed by atoms with Gasteiger partial charge in [0.15, 0.2) is 5.16 Å². The molecule has 2 aliphatic rings. The van der Waals surface area contributed by atoms with Crippen molar-refractivity contribution < 1.29 is 4.79 Å². The van der Waals surface area contributed by atoms with Crippen LogP contribution in [0.4, 0.5) is 0 Å². The lowest BCUT2D eigenvalue weighted by molar-refractivity contribution is -0.130. The summed E-state index contributed by atoms with van der Waals surface area (Å²) in [5.41, 5.74) is 2.55. The number of aromatic nitrogens is 2. The Hall–Kier alpha value is -2.16. The number of amides is 1. The minimum absolute atomic E-state index is 0.0258. The van der Waals surface area contributed by atoms with E-state index in [9.17, 15) is 9.59 Å². The van der Waals surface area contributed by atoms with E-state index in [0.717, 1.165) is 55.7 Å². The molecular weight excluding hydrogens is 452 g/mol.